The van der Waals surface area contributed by atoms with Gasteiger partial charge in [0.2, 0.25) is 0 Å². The van der Waals surface area contributed by atoms with Crippen molar-refractivity contribution in [3.05, 3.63) is 107 Å². The van der Waals surface area contributed by atoms with Crippen molar-refractivity contribution in [2.45, 2.75) is 12.6 Å². The quantitative estimate of drug-likeness (QED) is 0.404. The first-order valence-electron chi connectivity index (χ1n) is 9.15. The van der Waals surface area contributed by atoms with E-state index in [0.717, 1.165) is 12.1 Å². The minimum atomic E-state index is -0.943. The number of pyridine rings is 1. The zero-order valence-electron chi connectivity index (χ0n) is 15.6. The molecule has 5 nitrogen and oxygen atoms in total. The summed E-state index contributed by atoms with van der Waals surface area (Å²) in [6.07, 6.45) is 1.52. The molecule has 30 heavy (non-hydrogen) atoms. The van der Waals surface area contributed by atoms with Crippen molar-refractivity contribution in [2.75, 3.05) is 0 Å². The number of aliphatic hydroxyl groups excluding tert-OH is 1. The van der Waals surface area contributed by atoms with Crippen LogP contribution < -0.4 is 0 Å². The van der Waals surface area contributed by atoms with Crippen LogP contribution in [0.5, 0.6) is 0 Å². The van der Waals surface area contributed by atoms with Crippen molar-refractivity contribution >= 4 is 17.4 Å². The first-order valence-corrected chi connectivity index (χ1v) is 9.15. The smallest absolute Gasteiger partial charge is 0.296 e. The number of rotatable bonds is 4. The average Bonchev–Trinajstić information content (AvgIpc) is 3.01. The van der Waals surface area contributed by atoms with Crippen LogP contribution in [-0.2, 0) is 16.1 Å². The van der Waals surface area contributed by atoms with Gasteiger partial charge in [0, 0.05) is 18.3 Å². The minimum absolute atomic E-state index is 0.0201. The fraction of sp³-hybridized carbons (Fsp3) is 0.0870. The van der Waals surface area contributed by atoms with Crippen molar-refractivity contribution in [2.24, 2.45) is 0 Å². The lowest BCUT2D eigenvalue weighted by molar-refractivity contribution is -0.140. The highest BCUT2D eigenvalue weighted by molar-refractivity contribution is 6.46. The average molecular weight is 406 g/mol. The van der Waals surface area contributed by atoms with E-state index in [1.54, 1.807) is 18.2 Å². The predicted octanol–water partition coefficient (Wildman–Crippen LogP) is 3.98. The molecule has 1 N–H and O–H groups in total. The van der Waals surface area contributed by atoms with E-state index in [1.165, 1.54) is 47.5 Å². The Morgan fingerprint density at radius 1 is 0.933 bits per heavy atom. The van der Waals surface area contributed by atoms with Gasteiger partial charge in [-0.15, -0.1) is 0 Å². The maximum Gasteiger partial charge on any atom is 0.296 e. The Morgan fingerprint density at radius 2 is 1.57 bits per heavy atom. The summed E-state index contributed by atoms with van der Waals surface area (Å²) in [5.74, 6) is -3.00. The summed E-state index contributed by atoms with van der Waals surface area (Å²) in [6, 6.07) is 14.6. The fourth-order valence-corrected chi connectivity index (χ4v) is 3.44. The van der Waals surface area contributed by atoms with Crippen molar-refractivity contribution in [1.29, 1.82) is 0 Å². The molecule has 2 aromatic carbocycles. The highest BCUT2D eigenvalue weighted by Gasteiger charge is 2.46. The normalized spacial score (nSPS) is 18.1. The van der Waals surface area contributed by atoms with E-state index < -0.39 is 35.1 Å². The van der Waals surface area contributed by atoms with E-state index in [4.69, 9.17) is 0 Å². The molecular weight excluding hydrogens is 390 g/mol. The van der Waals surface area contributed by atoms with E-state index in [-0.39, 0.29) is 17.7 Å². The van der Waals surface area contributed by atoms with Crippen LogP contribution in [0.3, 0.4) is 0 Å². The first kappa shape index (κ1) is 19.4. The second kappa shape index (κ2) is 7.87. The van der Waals surface area contributed by atoms with Crippen molar-refractivity contribution in [3.8, 4) is 0 Å². The lowest BCUT2D eigenvalue weighted by Gasteiger charge is -2.24. The monoisotopic (exact) mass is 406 g/mol. The number of amides is 1. The Hall–Kier alpha value is -3.87. The predicted molar refractivity (Wildman–Crippen MR) is 105 cm³/mol. The first-order chi connectivity index (χ1) is 14.5. The molecule has 1 unspecified atom stereocenters. The van der Waals surface area contributed by atoms with Crippen molar-refractivity contribution in [3.63, 3.8) is 0 Å². The lowest BCUT2D eigenvalue weighted by Crippen LogP contribution is -2.29. The van der Waals surface area contributed by atoms with E-state index in [2.05, 4.69) is 4.98 Å². The maximum atomic E-state index is 13.3. The van der Waals surface area contributed by atoms with Gasteiger partial charge in [-0.2, -0.15) is 0 Å². The van der Waals surface area contributed by atoms with Crippen LogP contribution in [0.2, 0.25) is 0 Å². The Morgan fingerprint density at radius 3 is 2.17 bits per heavy atom. The Balaban J connectivity index is 1.83. The highest BCUT2D eigenvalue weighted by Crippen LogP contribution is 2.39. The van der Waals surface area contributed by atoms with E-state index in [9.17, 15) is 23.5 Å². The zero-order valence-corrected chi connectivity index (χ0v) is 15.6. The van der Waals surface area contributed by atoms with Gasteiger partial charge in [-0.1, -0.05) is 18.2 Å². The Bertz CT molecular complexity index is 1130. The van der Waals surface area contributed by atoms with E-state index >= 15 is 0 Å². The number of carbonyl (C=O) groups is 2. The Kier molecular flexibility index (Phi) is 5.10. The molecule has 1 saturated heterocycles. The third-order valence-electron chi connectivity index (χ3n) is 4.89. The van der Waals surface area contributed by atoms with Crippen molar-refractivity contribution < 1.29 is 23.5 Å². The molecule has 3 aromatic rings. The molecule has 1 aliphatic heterocycles. The molecule has 7 heteroatoms. The van der Waals surface area contributed by atoms with E-state index in [1.807, 2.05) is 0 Å². The van der Waals surface area contributed by atoms with Crippen LogP contribution >= 0.6 is 0 Å². The van der Waals surface area contributed by atoms with Gasteiger partial charge in [0.15, 0.2) is 0 Å². The lowest BCUT2D eigenvalue weighted by atomic mass is 9.98. The van der Waals surface area contributed by atoms with Crippen LogP contribution in [0.25, 0.3) is 5.76 Å². The number of benzene rings is 2. The molecule has 0 radical (unpaired) electrons. The number of hydrogen-bond acceptors (Lipinski definition) is 4. The standard InChI is InChI=1S/C23H16F2N2O3/c24-16-8-4-14(5-9-16)13-27-20(18-3-1-2-12-26-18)19(22(29)23(27)30)21(28)15-6-10-17(25)11-7-15/h1-12,20,28H,13H2/b21-19-. The van der Waals surface area contributed by atoms with Crippen LogP contribution in [0.15, 0.2) is 78.5 Å². The van der Waals surface area contributed by atoms with Gasteiger partial charge in [-0.25, -0.2) is 8.78 Å². The fourth-order valence-electron chi connectivity index (χ4n) is 3.44. The molecule has 1 atom stereocenters. The number of ketones is 1. The van der Waals surface area contributed by atoms with Gasteiger partial charge in [0.1, 0.15) is 23.4 Å². The van der Waals surface area contributed by atoms with Gasteiger partial charge in [0.25, 0.3) is 11.7 Å². The summed E-state index contributed by atoms with van der Waals surface area (Å²) in [7, 11) is 0. The summed E-state index contributed by atoms with van der Waals surface area (Å²) in [6.45, 7) is 0.0201. The number of nitrogens with zero attached hydrogens (tertiary/aromatic N) is 2. The maximum absolute atomic E-state index is 13.3. The molecule has 1 fully saturated rings. The second-order valence-corrected chi connectivity index (χ2v) is 6.81. The third-order valence-corrected chi connectivity index (χ3v) is 4.89. The molecule has 1 aliphatic rings. The number of hydrogen-bond donors (Lipinski definition) is 1. The number of halogens is 2. The number of aromatic nitrogens is 1. The van der Waals surface area contributed by atoms with Gasteiger partial charge < -0.3 is 10.0 Å². The molecular formula is C23H16F2N2O3. The molecule has 0 bridgehead atoms. The van der Waals surface area contributed by atoms with Crippen LogP contribution in [-0.4, -0.2) is 26.7 Å². The summed E-state index contributed by atoms with van der Waals surface area (Å²) in [4.78, 5) is 31.2. The van der Waals surface area contributed by atoms with Crippen molar-refractivity contribution in [1.82, 2.24) is 9.88 Å². The zero-order chi connectivity index (χ0) is 21.3. The summed E-state index contributed by atoms with van der Waals surface area (Å²) in [5.41, 5.74) is 1.08. The van der Waals surface area contributed by atoms with Gasteiger partial charge in [-0.05, 0) is 54.1 Å². The number of Topliss-reactive ketones (excluding diaryl/α,β-unsaturated/α-hetero) is 1. The van der Waals surface area contributed by atoms with Crippen LogP contribution in [0.1, 0.15) is 22.9 Å². The molecule has 1 amide bonds. The van der Waals surface area contributed by atoms with Gasteiger partial charge >= 0.3 is 0 Å². The van der Waals surface area contributed by atoms with Gasteiger partial charge in [-0.3, -0.25) is 14.6 Å². The number of carbonyl (C=O) groups excluding carboxylic acids is 2. The summed E-state index contributed by atoms with van der Waals surface area (Å²) >= 11 is 0. The molecule has 150 valence electrons. The minimum Gasteiger partial charge on any atom is -0.507 e. The van der Waals surface area contributed by atoms with Gasteiger partial charge in [0.05, 0.1) is 11.3 Å². The molecule has 0 aliphatic carbocycles. The van der Waals surface area contributed by atoms with E-state index in [0.29, 0.717) is 11.3 Å². The number of likely N-dealkylation sites (tertiary alicyclic amines) is 1. The SMILES string of the molecule is O=C1C(=O)N(Cc2ccc(F)cc2)C(c2ccccn2)/C1=C(/O)c1ccc(F)cc1. The molecule has 0 saturated carbocycles. The van der Waals surface area contributed by atoms with Crippen LogP contribution in [0.4, 0.5) is 8.78 Å². The summed E-state index contributed by atoms with van der Waals surface area (Å²) in [5, 5.41) is 10.8. The largest absolute Gasteiger partial charge is 0.507 e. The number of aliphatic hydroxyl groups is 1. The topological polar surface area (TPSA) is 70.5 Å². The second-order valence-electron chi connectivity index (χ2n) is 6.81. The molecule has 1 aromatic heterocycles. The Labute approximate surface area is 170 Å². The molecule has 2 heterocycles. The molecule has 4 rings (SSSR count). The van der Waals surface area contributed by atoms with Crippen LogP contribution in [0, 0.1) is 11.6 Å². The third kappa shape index (κ3) is 3.57. The molecule has 0 spiro atoms. The highest BCUT2D eigenvalue weighted by atomic mass is 19.1. The summed E-state index contributed by atoms with van der Waals surface area (Å²) < 4.78 is 26.5.